The lowest BCUT2D eigenvalue weighted by Crippen LogP contribution is -2.06. The van der Waals surface area contributed by atoms with Crippen molar-refractivity contribution in [1.82, 2.24) is 0 Å². The van der Waals surface area contributed by atoms with Crippen LogP contribution in [-0.2, 0) is 4.79 Å². The van der Waals surface area contributed by atoms with E-state index in [0.717, 1.165) is 25.7 Å². The molecule has 0 aromatic rings. The zero-order valence-corrected chi connectivity index (χ0v) is 16.0. The van der Waals surface area contributed by atoms with Crippen LogP contribution in [0.25, 0.3) is 0 Å². The Bertz CT molecular complexity index is 639. The summed E-state index contributed by atoms with van der Waals surface area (Å²) in [6.07, 6.45) is 10.0. The number of allylic oxidation sites excluding steroid dienone is 4. The second kappa shape index (κ2) is 15.2. The van der Waals surface area contributed by atoms with Crippen LogP contribution in [0.4, 0.5) is 0 Å². The fraction of sp³-hybridized carbons (Fsp3) is 0.611. The van der Waals surface area contributed by atoms with Gasteiger partial charge in [-0.05, 0) is 43.9 Å². The van der Waals surface area contributed by atoms with E-state index in [-0.39, 0.29) is 29.9 Å². The third kappa shape index (κ3) is 11.7. The highest BCUT2D eigenvalue weighted by Crippen LogP contribution is 2.16. The van der Waals surface area contributed by atoms with Gasteiger partial charge in [-0.3, -0.25) is 35.1 Å². The van der Waals surface area contributed by atoms with E-state index in [1.54, 1.807) is 6.92 Å². The van der Waals surface area contributed by atoms with Gasteiger partial charge in [0.25, 0.3) is 11.4 Å². The van der Waals surface area contributed by atoms with E-state index in [1.165, 1.54) is 18.2 Å². The predicted molar refractivity (Wildman–Crippen MR) is 103 cm³/mol. The molecule has 0 atom stereocenters. The summed E-state index contributed by atoms with van der Waals surface area (Å²) in [6, 6.07) is 0. The van der Waals surface area contributed by atoms with Gasteiger partial charge in [0.2, 0.25) is 5.70 Å². The van der Waals surface area contributed by atoms with Crippen LogP contribution >= 0.6 is 0 Å². The van der Waals surface area contributed by atoms with E-state index in [4.69, 9.17) is 0 Å². The number of hydrogen-bond acceptors (Lipinski definition) is 7. The lowest BCUT2D eigenvalue weighted by molar-refractivity contribution is -0.450. The molecular weight excluding hydrogens is 370 g/mol. The number of rotatable bonds is 16. The lowest BCUT2D eigenvalue weighted by atomic mass is 10.1. The van der Waals surface area contributed by atoms with Gasteiger partial charge in [0.15, 0.2) is 6.29 Å². The van der Waals surface area contributed by atoms with Crippen molar-refractivity contribution >= 4 is 6.29 Å². The first-order valence-corrected chi connectivity index (χ1v) is 9.18. The summed E-state index contributed by atoms with van der Waals surface area (Å²) >= 11 is 0. The number of nitrogens with zero attached hydrogens (tertiary/aromatic N) is 3. The first kappa shape index (κ1) is 25.1. The monoisotopic (exact) mass is 396 g/mol. The van der Waals surface area contributed by atoms with Crippen molar-refractivity contribution in [3.63, 3.8) is 0 Å². The number of hydrogen-bond donors (Lipinski definition) is 0. The second-order valence-electron chi connectivity index (χ2n) is 6.09. The Morgan fingerprint density at radius 1 is 0.786 bits per heavy atom. The van der Waals surface area contributed by atoms with Gasteiger partial charge in [-0.25, -0.2) is 0 Å². The van der Waals surface area contributed by atoms with Crippen molar-refractivity contribution in [3.8, 4) is 0 Å². The van der Waals surface area contributed by atoms with Crippen LogP contribution in [0.15, 0.2) is 35.3 Å². The molecule has 10 nitrogen and oxygen atoms in total. The van der Waals surface area contributed by atoms with Crippen molar-refractivity contribution in [2.45, 2.75) is 71.1 Å². The standard InChI is InChI=1S/C18H26N3O7/c1-2-10-17(20(25)26)15-18(21(27)28)13-9-12-16(19(23)24)11-7-5-3-4-6-8-14-22/h10,12-13H,2-9,11,15H2,1H3/b16-12+,17-10+,18-13+. The van der Waals surface area contributed by atoms with Gasteiger partial charge in [0.1, 0.15) is 6.42 Å². The first-order chi connectivity index (χ1) is 13.3. The smallest absolute Gasteiger partial charge is 0.253 e. The van der Waals surface area contributed by atoms with Gasteiger partial charge in [-0.2, -0.15) is 0 Å². The average Bonchev–Trinajstić information content (AvgIpc) is 2.63. The molecule has 10 heteroatoms. The molecule has 0 amide bonds. The lowest BCUT2D eigenvalue weighted by Gasteiger charge is -2.00. The van der Waals surface area contributed by atoms with E-state index >= 15 is 0 Å². The molecule has 1 radical (unpaired) electrons. The minimum absolute atomic E-state index is 0.0289. The van der Waals surface area contributed by atoms with Crippen LogP contribution in [0, 0.1) is 30.3 Å². The van der Waals surface area contributed by atoms with E-state index in [2.05, 4.69) is 0 Å². The van der Waals surface area contributed by atoms with Crippen LogP contribution in [-0.4, -0.2) is 21.1 Å². The quantitative estimate of drug-likeness (QED) is 0.212. The topological polar surface area (TPSA) is 146 Å². The molecule has 0 spiro atoms. The van der Waals surface area contributed by atoms with Crippen LogP contribution in [0.3, 0.4) is 0 Å². The zero-order valence-electron chi connectivity index (χ0n) is 16.0. The van der Waals surface area contributed by atoms with E-state index < -0.39 is 21.2 Å². The second-order valence-corrected chi connectivity index (χ2v) is 6.09. The summed E-state index contributed by atoms with van der Waals surface area (Å²) < 4.78 is 0. The fourth-order valence-corrected chi connectivity index (χ4v) is 2.48. The van der Waals surface area contributed by atoms with Crippen molar-refractivity contribution in [2.75, 3.05) is 0 Å². The Hall–Kier alpha value is -2.91. The summed E-state index contributed by atoms with van der Waals surface area (Å²) in [4.78, 5) is 41.3. The van der Waals surface area contributed by atoms with Gasteiger partial charge in [-0.1, -0.05) is 26.2 Å². The molecule has 0 bridgehead atoms. The molecule has 155 valence electrons. The van der Waals surface area contributed by atoms with Crippen molar-refractivity contribution < 1.29 is 19.6 Å². The van der Waals surface area contributed by atoms with Gasteiger partial charge < -0.3 is 0 Å². The first-order valence-electron chi connectivity index (χ1n) is 9.18. The largest absolute Gasteiger partial charge is 0.291 e. The van der Waals surface area contributed by atoms with Crippen molar-refractivity contribution in [3.05, 3.63) is 65.7 Å². The molecule has 0 rings (SSSR count). The third-order valence-corrected chi connectivity index (χ3v) is 3.92. The Labute approximate surface area is 163 Å². The molecule has 0 saturated heterocycles. The van der Waals surface area contributed by atoms with Crippen molar-refractivity contribution in [2.24, 2.45) is 0 Å². The predicted octanol–water partition coefficient (Wildman–Crippen LogP) is 4.50. The van der Waals surface area contributed by atoms with E-state index in [1.807, 2.05) is 6.29 Å². The number of carbonyl (C=O) groups excluding carboxylic acids is 1. The zero-order chi connectivity index (χ0) is 21.4. The maximum absolute atomic E-state index is 11.1. The molecule has 0 aliphatic heterocycles. The molecule has 0 N–H and O–H groups in total. The maximum Gasteiger partial charge on any atom is 0.253 e. The summed E-state index contributed by atoms with van der Waals surface area (Å²) in [5.74, 6) is 0. The molecule has 0 saturated carbocycles. The molecule has 0 aliphatic carbocycles. The third-order valence-electron chi connectivity index (χ3n) is 3.92. The Morgan fingerprint density at radius 2 is 1.29 bits per heavy atom. The van der Waals surface area contributed by atoms with Crippen LogP contribution in [0.5, 0.6) is 0 Å². The summed E-state index contributed by atoms with van der Waals surface area (Å²) in [5, 5.41) is 33.1. The highest BCUT2D eigenvalue weighted by atomic mass is 16.6. The van der Waals surface area contributed by atoms with Crippen LogP contribution in [0.1, 0.15) is 71.1 Å². The van der Waals surface area contributed by atoms with E-state index in [0.29, 0.717) is 19.3 Å². The highest BCUT2D eigenvalue weighted by molar-refractivity contribution is 5.50. The molecule has 0 aliphatic rings. The minimum Gasteiger partial charge on any atom is -0.291 e. The van der Waals surface area contributed by atoms with Crippen molar-refractivity contribution in [1.29, 1.82) is 0 Å². The highest BCUT2D eigenvalue weighted by Gasteiger charge is 2.20. The van der Waals surface area contributed by atoms with Gasteiger partial charge in [-0.15, -0.1) is 0 Å². The van der Waals surface area contributed by atoms with Gasteiger partial charge in [0, 0.05) is 12.8 Å². The minimum atomic E-state index is -0.705. The summed E-state index contributed by atoms with van der Waals surface area (Å²) in [5.41, 5.74) is -0.655. The molecule has 0 fully saturated rings. The molecule has 28 heavy (non-hydrogen) atoms. The average molecular weight is 396 g/mol. The van der Waals surface area contributed by atoms with Crippen LogP contribution < -0.4 is 0 Å². The molecule has 0 heterocycles. The van der Waals surface area contributed by atoms with Gasteiger partial charge in [0.05, 0.1) is 14.8 Å². The molecule has 0 aromatic heterocycles. The Balaban J connectivity index is 4.80. The van der Waals surface area contributed by atoms with Gasteiger partial charge >= 0.3 is 0 Å². The normalized spacial score (nSPS) is 12.7. The fourth-order valence-electron chi connectivity index (χ4n) is 2.48. The summed E-state index contributed by atoms with van der Waals surface area (Å²) in [6.45, 7) is 1.69. The maximum atomic E-state index is 11.1. The van der Waals surface area contributed by atoms with Crippen LogP contribution in [0.2, 0.25) is 0 Å². The summed E-state index contributed by atoms with van der Waals surface area (Å²) in [7, 11) is 0. The molecule has 0 unspecified atom stereocenters. The molecular formula is C18H26N3O7. The Morgan fingerprint density at radius 3 is 1.82 bits per heavy atom. The van der Waals surface area contributed by atoms with E-state index in [9.17, 15) is 35.1 Å². The molecule has 0 aromatic carbocycles. The Kier molecular flexibility index (Phi) is 13.6. The number of nitro groups is 3. The number of unbranched alkanes of at least 4 members (excludes halogenated alkanes) is 5. The SMILES string of the molecule is CC/C=C(\C/C(=C\C/C=C(\CCCCCCC[C]=O)[N+](=O)[O-])[N+](=O)[O-])[N+](=O)[O-].